The van der Waals surface area contributed by atoms with Crippen LogP contribution in [0.4, 0.5) is 4.39 Å². The molecule has 1 unspecified atom stereocenters. The molecule has 0 saturated carbocycles. The normalized spacial score (nSPS) is 16.0. The van der Waals surface area contributed by atoms with Gasteiger partial charge in [-0.15, -0.1) is 23.5 Å². The van der Waals surface area contributed by atoms with Gasteiger partial charge in [-0.05, 0) is 36.2 Å². The Morgan fingerprint density at radius 2 is 2.04 bits per heavy atom. The minimum atomic E-state index is -0.254. The van der Waals surface area contributed by atoms with Gasteiger partial charge in [0.15, 0.2) is 5.76 Å². The first-order chi connectivity index (χ1) is 13.2. The lowest BCUT2D eigenvalue weighted by Crippen LogP contribution is -2.31. The summed E-state index contributed by atoms with van der Waals surface area (Å²) in [5.41, 5.74) is 1.69. The van der Waals surface area contributed by atoms with Gasteiger partial charge in [0.05, 0.1) is 12.3 Å². The summed E-state index contributed by atoms with van der Waals surface area (Å²) in [6.45, 7) is 0. The number of carbonyl (C=O) groups excluding carboxylic acids is 1. The third kappa shape index (κ3) is 4.06. The van der Waals surface area contributed by atoms with Crippen molar-refractivity contribution in [1.29, 1.82) is 0 Å². The lowest BCUT2D eigenvalue weighted by Gasteiger charge is -2.26. The summed E-state index contributed by atoms with van der Waals surface area (Å²) < 4.78 is 19.5. The van der Waals surface area contributed by atoms with E-state index in [1.54, 1.807) is 24.1 Å². The molecule has 0 saturated heterocycles. The molecule has 3 aromatic rings. The Kier molecular flexibility index (Phi) is 5.55. The fourth-order valence-corrected chi connectivity index (χ4v) is 5.13. The maximum atomic E-state index is 14.0. The van der Waals surface area contributed by atoms with Crippen molar-refractivity contribution in [3.05, 3.63) is 83.6 Å². The Bertz CT molecular complexity index is 942. The lowest BCUT2D eigenvalue weighted by atomic mass is 10.0. The number of thioether (sulfide) groups is 2. The fraction of sp³-hybridized carbons (Fsp3) is 0.190. The van der Waals surface area contributed by atoms with Gasteiger partial charge >= 0.3 is 0 Å². The highest BCUT2D eigenvalue weighted by Crippen LogP contribution is 2.38. The van der Waals surface area contributed by atoms with Gasteiger partial charge in [-0.1, -0.05) is 30.3 Å². The second kappa shape index (κ2) is 8.23. The van der Waals surface area contributed by atoms with Crippen molar-refractivity contribution in [2.45, 2.75) is 28.0 Å². The second-order valence-corrected chi connectivity index (χ2v) is 8.35. The molecule has 138 valence electrons. The number of hydrogen-bond donors (Lipinski definition) is 1. The molecule has 2 heterocycles. The molecular weight excluding hydrogens is 381 g/mol. The summed E-state index contributed by atoms with van der Waals surface area (Å²) in [4.78, 5) is 14.6. The van der Waals surface area contributed by atoms with Gasteiger partial charge in [0, 0.05) is 26.9 Å². The molecule has 0 spiro atoms. The highest BCUT2D eigenvalue weighted by atomic mass is 32.2. The average Bonchev–Trinajstić information content (AvgIpc) is 3.17. The Morgan fingerprint density at radius 1 is 1.19 bits per heavy atom. The zero-order chi connectivity index (χ0) is 18.6. The molecule has 6 heteroatoms. The molecule has 1 aromatic heterocycles. The van der Waals surface area contributed by atoms with E-state index in [-0.39, 0.29) is 17.8 Å². The molecule has 0 bridgehead atoms. The molecule has 1 aliphatic heterocycles. The number of benzene rings is 2. The molecule has 0 fully saturated rings. The van der Waals surface area contributed by atoms with E-state index in [2.05, 4.69) is 5.32 Å². The van der Waals surface area contributed by atoms with Crippen LogP contribution in [-0.4, -0.2) is 11.7 Å². The first-order valence-electron chi connectivity index (χ1n) is 8.68. The third-order valence-corrected chi connectivity index (χ3v) is 6.64. The van der Waals surface area contributed by atoms with Crippen LogP contribution in [0, 0.1) is 5.82 Å². The van der Waals surface area contributed by atoms with E-state index in [1.807, 2.05) is 42.5 Å². The van der Waals surface area contributed by atoms with E-state index < -0.39 is 0 Å². The zero-order valence-electron chi connectivity index (χ0n) is 14.5. The largest absolute Gasteiger partial charge is 0.459 e. The molecule has 4 rings (SSSR count). The van der Waals surface area contributed by atoms with Gasteiger partial charge in [-0.25, -0.2) is 4.39 Å². The monoisotopic (exact) mass is 399 g/mol. The molecule has 1 aliphatic rings. The summed E-state index contributed by atoms with van der Waals surface area (Å²) in [5, 5.41) is 3.02. The summed E-state index contributed by atoms with van der Waals surface area (Å²) in [7, 11) is 0. The number of carbonyl (C=O) groups is 1. The smallest absolute Gasteiger partial charge is 0.287 e. The van der Waals surface area contributed by atoms with Crippen LogP contribution >= 0.6 is 23.5 Å². The first kappa shape index (κ1) is 18.2. The number of fused-ring (bicyclic) bond motifs is 1. The van der Waals surface area contributed by atoms with Gasteiger partial charge in [-0.3, -0.25) is 4.79 Å². The van der Waals surface area contributed by atoms with E-state index in [4.69, 9.17) is 4.42 Å². The standard InChI is InChI=1S/C21H18FNO2S2/c22-17-8-4-7-16-18(10-12-26-20(16)17)23-21(24)19-14(9-11-25-19)13-27-15-5-2-1-3-6-15/h1-9,11,18H,10,12-13H2,(H,23,24). The SMILES string of the molecule is O=C(NC1CCSc2c(F)cccc21)c1occc1CSc1ccccc1. The molecule has 1 amide bonds. The highest BCUT2D eigenvalue weighted by molar-refractivity contribution is 7.99. The Hall–Kier alpha value is -2.18. The summed E-state index contributed by atoms with van der Waals surface area (Å²) in [6.07, 6.45) is 2.31. The molecule has 1 N–H and O–H groups in total. The van der Waals surface area contributed by atoms with Crippen molar-refractivity contribution in [1.82, 2.24) is 5.32 Å². The fourth-order valence-electron chi connectivity index (χ4n) is 3.09. The van der Waals surface area contributed by atoms with Crippen LogP contribution in [0.2, 0.25) is 0 Å². The van der Waals surface area contributed by atoms with Crippen molar-refractivity contribution >= 4 is 29.4 Å². The summed E-state index contributed by atoms with van der Waals surface area (Å²) in [6, 6.07) is 16.7. The maximum Gasteiger partial charge on any atom is 0.287 e. The number of halogens is 1. The number of nitrogens with one attached hydrogen (secondary N) is 1. The maximum absolute atomic E-state index is 14.0. The number of furan rings is 1. The van der Waals surface area contributed by atoms with Crippen molar-refractivity contribution in [3.8, 4) is 0 Å². The first-order valence-corrected chi connectivity index (χ1v) is 10.7. The molecule has 3 nitrogen and oxygen atoms in total. The zero-order valence-corrected chi connectivity index (χ0v) is 16.1. The summed E-state index contributed by atoms with van der Waals surface area (Å²) in [5.74, 6) is 1.27. The van der Waals surface area contributed by atoms with E-state index >= 15 is 0 Å². The second-order valence-electron chi connectivity index (χ2n) is 6.20. The Morgan fingerprint density at radius 3 is 2.89 bits per heavy atom. The number of amides is 1. The van der Waals surface area contributed by atoms with E-state index in [0.717, 1.165) is 28.2 Å². The molecule has 27 heavy (non-hydrogen) atoms. The van der Waals surface area contributed by atoms with Gasteiger partial charge in [-0.2, -0.15) is 0 Å². The van der Waals surface area contributed by atoms with Crippen LogP contribution in [0.25, 0.3) is 0 Å². The van der Waals surface area contributed by atoms with Gasteiger partial charge < -0.3 is 9.73 Å². The third-order valence-electron chi connectivity index (χ3n) is 4.42. The van der Waals surface area contributed by atoms with E-state index in [0.29, 0.717) is 16.4 Å². The van der Waals surface area contributed by atoms with Crippen LogP contribution in [0.1, 0.15) is 34.1 Å². The molecule has 1 atom stereocenters. The topological polar surface area (TPSA) is 42.2 Å². The molecule has 0 radical (unpaired) electrons. The van der Waals surface area contributed by atoms with Crippen LogP contribution in [-0.2, 0) is 5.75 Å². The van der Waals surface area contributed by atoms with Crippen molar-refractivity contribution < 1.29 is 13.6 Å². The van der Waals surface area contributed by atoms with E-state index in [9.17, 15) is 9.18 Å². The van der Waals surface area contributed by atoms with E-state index in [1.165, 1.54) is 17.8 Å². The number of rotatable bonds is 5. The molecule has 2 aromatic carbocycles. The summed E-state index contributed by atoms with van der Waals surface area (Å²) >= 11 is 3.15. The lowest BCUT2D eigenvalue weighted by molar-refractivity contribution is 0.0905. The Labute approximate surface area is 165 Å². The predicted molar refractivity (Wildman–Crippen MR) is 107 cm³/mol. The van der Waals surface area contributed by atoms with Crippen LogP contribution < -0.4 is 5.32 Å². The van der Waals surface area contributed by atoms with Crippen LogP contribution in [0.15, 0.2) is 75.1 Å². The van der Waals surface area contributed by atoms with Crippen LogP contribution in [0.5, 0.6) is 0 Å². The molecular formula is C21H18FNO2S2. The predicted octanol–water partition coefficient (Wildman–Crippen LogP) is 5.68. The minimum Gasteiger partial charge on any atom is -0.459 e. The minimum absolute atomic E-state index is 0.204. The highest BCUT2D eigenvalue weighted by Gasteiger charge is 2.26. The van der Waals surface area contributed by atoms with Crippen molar-refractivity contribution in [2.75, 3.05) is 5.75 Å². The quantitative estimate of drug-likeness (QED) is 0.561. The average molecular weight is 400 g/mol. The Balaban J connectivity index is 1.47. The van der Waals surface area contributed by atoms with Crippen LogP contribution in [0.3, 0.4) is 0 Å². The van der Waals surface area contributed by atoms with Crippen molar-refractivity contribution in [2.24, 2.45) is 0 Å². The van der Waals surface area contributed by atoms with Gasteiger partial charge in [0.2, 0.25) is 0 Å². The molecule has 0 aliphatic carbocycles. The van der Waals surface area contributed by atoms with Gasteiger partial charge in [0.25, 0.3) is 5.91 Å². The van der Waals surface area contributed by atoms with Gasteiger partial charge in [0.1, 0.15) is 5.82 Å². The van der Waals surface area contributed by atoms with Crippen molar-refractivity contribution in [3.63, 3.8) is 0 Å². The number of hydrogen-bond acceptors (Lipinski definition) is 4.